The van der Waals surface area contributed by atoms with Gasteiger partial charge in [-0.1, -0.05) is 23.9 Å². The molecule has 1 saturated heterocycles. The van der Waals surface area contributed by atoms with Gasteiger partial charge in [0.25, 0.3) is 0 Å². The number of nitrogens with zero attached hydrogens (tertiary/aromatic N) is 2. The van der Waals surface area contributed by atoms with E-state index in [0.29, 0.717) is 6.42 Å². The summed E-state index contributed by atoms with van der Waals surface area (Å²) in [7, 11) is -3.05. The number of imidazole rings is 1. The molecule has 26 heavy (non-hydrogen) atoms. The maximum Gasteiger partial charge on any atom is 0.230 e. The van der Waals surface area contributed by atoms with E-state index in [1.54, 1.807) is 13.1 Å². The SMILES string of the molecule is Cc1ccc(C)c(-n2ccnc2SCC(=O)NC2(C)CCS(=O)(=O)C2)c1. The summed E-state index contributed by atoms with van der Waals surface area (Å²) >= 11 is 1.34. The van der Waals surface area contributed by atoms with E-state index in [4.69, 9.17) is 0 Å². The Morgan fingerprint density at radius 3 is 2.85 bits per heavy atom. The lowest BCUT2D eigenvalue weighted by molar-refractivity contribution is -0.120. The van der Waals surface area contributed by atoms with E-state index in [2.05, 4.69) is 28.5 Å². The summed E-state index contributed by atoms with van der Waals surface area (Å²) in [6, 6.07) is 6.21. The number of rotatable bonds is 5. The summed E-state index contributed by atoms with van der Waals surface area (Å²) < 4.78 is 25.3. The molecule has 1 fully saturated rings. The summed E-state index contributed by atoms with van der Waals surface area (Å²) in [5.74, 6) is 0.157. The van der Waals surface area contributed by atoms with Crippen LogP contribution < -0.4 is 5.32 Å². The summed E-state index contributed by atoms with van der Waals surface area (Å²) in [4.78, 5) is 16.7. The number of hydrogen-bond donors (Lipinski definition) is 1. The van der Waals surface area contributed by atoms with Gasteiger partial charge in [0.1, 0.15) is 0 Å². The zero-order chi connectivity index (χ0) is 18.9. The molecule has 1 unspecified atom stereocenters. The van der Waals surface area contributed by atoms with Crippen molar-refractivity contribution in [1.29, 1.82) is 0 Å². The molecule has 8 heteroatoms. The number of hydrogen-bond acceptors (Lipinski definition) is 5. The quantitative estimate of drug-likeness (QED) is 0.788. The van der Waals surface area contributed by atoms with E-state index in [0.717, 1.165) is 22.0 Å². The van der Waals surface area contributed by atoms with E-state index in [1.807, 2.05) is 24.6 Å². The molecule has 0 spiro atoms. The first kappa shape index (κ1) is 19.0. The van der Waals surface area contributed by atoms with Crippen molar-refractivity contribution in [3.05, 3.63) is 41.7 Å². The Morgan fingerprint density at radius 1 is 1.38 bits per heavy atom. The molecule has 1 aliphatic rings. The van der Waals surface area contributed by atoms with Gasteiger partial charge < -0.3 is 5.32 Å². The van der Waals surface area contributed by atoms with Crippen molar-refractivity contribution >= 4 is 27.5 Å². The van der Waals surface area contributed by atoms with Crippen LogP contribution in [0.2, 0.25) is 0 Å². The van der Waals surface area contributed by atoms with Crippen molar-refractivity contribution in [3.8, 4) is 5.69 Å². The molecule has 1 aromatic carbocycles. The normalized spacial score (nSPS) is 21.7. The first-order valence-electron chi connectivity index (χ1n) is 8.43. The lowest BCUT2D eigenvalue weighted by Crippen LogP contribution is -2.47. The van der Waals surface area contributed by atoms with Gasteiger partial charge in [0.15, 0.2) is 15.0 Å². The molecule has 140 valence electrons. The van der Waals surface area contributed by atoms with Gasteiger partial charge in [-0.3, -0.25) is 9.36 Å². The zero-order valence-corrected chi connectivity index (χ0v) is 16.8. The van der Waals surface area contributed by atoms with Crippen molar-refractivity contribution < 1.29 is 13.2 Å². The fourth-order valence-corrected chi connectivity index (χ4v) is 6.03. The number of sulfone groups is 1. The topological polar surface area (TPSA) is 81.1 Å². The van der Waals surface area contributed by atoms with Crippen molar-refractivity contribution in [1.82, 2.24) is 14.9 Å². The number of nitrogens with one attached hydrogen (secondary N) is 1. The van der Waals surface area contributed by atoms with Crippen LogP contribution in [0.4, 0.5) is 0 Å². The Labute approximate surface area is 158 Å². The van der Waals surface area contributed by atoms with E-state index in [-0.39, 0.29) is 23.2 Å². The van der Waals surface area contributed by atoms with Crippen LogP contribution in [-0.4, -0.2) is 46.7 Å². The second-order valence-corrected chi connectivity index (χ2v) is 10.2. The molecule has 1 atom stereocenters. The van der Waals surface area contributed by atoms with Gasteiger partial charge in [-0.2, -0.15) is 0 Å². The summed E-state index contributed by atoms with van der Waals surface area (Å²) in [6.45, 7) is 5.87. The van der Waals surface area contributed by atoms with Crippen LogP contribution in [0.25, 0.3) is 5.69 Å². The Bertz CT molecular complexity index is 937. The van der Waals surface area contributed by atoms with Gasteiger partial charge in [-0.25, -0.2) is 13.4 Å². The lowest BCUT2D eigenvalue weighted by Gasteiger charge is -2.23. The van der Waals surface area contributed by atoms with Crippen LogP contribution in [0.1, 0.15) is 24.5 Å². The highest BCUT2D eigenvalue weighted by Gasteiger charge is 2.39. The minimum absolute atomic E-state index is 0.00746. The van der Waals surface area contributed by atoms with Gasteiger partial charge in [0, 0.05) is 12.4 Å². The first-order valence-corrected chi connectivity index (χ1v) is 11.2. The largest absolute Gasteiger partial charge is 0.349 e. The predicted octanol–water partition coefficient (Wildman–Crippen LogP) is 2.27. The fraction of sp³-hybridized carbons (Fsp3) is 0.444. The van der Waals surface area contributed by atoms with Crippen molar-refractivity contribution in [2.75, 3.05) is 17.3 Å². The van der Waals surface area contributed by atoms with Gasteiger partial charge in [-0.05, 0) is 44.4 Å². The molecule has 2 aromatic rings. The van der Waals surface area contributed by atoms with Crippen LogP contribution in [0.5, 0.6) is 0 Å². The van der Waals surface area contributed by atoms with Crippen LogP contribution in [0, 0.1) is 13.8 Å². The second-order valence-electron chi connectivity index (χ2n) is 7.11. The van der Waals surface area contributed by atoms with Gasteiger partial charge >= 0.3 is 0 Å². The Kier molecular flexibility index (Phi) is 5.16. The Balaban J connectivity index is 1.67. The molecule has 1 aliphatic heterocycles. The highest BCUT2D eigenvalue weighted by Crippen LogP contribution is 2.25. The van der Waals surface area contributed by atoms with Crippen molar-refractivity contribution in [2.24, 2.45) is 0 Å². The van der Waals surface area contributed by atoms with E-state index >= 15 is 0 Å². The van der Waals surface area contributed by atoms with Gasteiger partial charge in [-0.15, -0.1) is 0 Å². The average molecular weight is 394 g/mol. The average Bonchev–Trinajstić information content (AvgIpc) is 3.11. The van der Waals surface area contributed by atoms with Crippen LogP contribution in [0.15, 0.2) is 35.7 Å². The van der Waals surface area contributed by atoms with Crippen LogP contribution in [0.3, 0.4) is 0 Å². The third-order valence-electron chi connectivity index (χ3n) is 4.51. The number of carbonyl (C=O) groups excluding carboxylic acids is 1. The van der Waals surface area contributed by atoms with Crippen molar-refractivity contribution in [3.63, 3.8) is 0 Å². The number of carbonyl (C=O) groups is 1. The second kappa shape index (κ2) is 7.08. The molecule has 1 aromatic heterocycles. The van der Waals surface area contributed by atoms with E-state index in [9.17, 15) is 13.2 Å². The Hall–Kier alpha value is -1.80. The highest BCUT2D eigenvalue weighted by molar-refractivity contribution is 7.99. The lowest BCUT2D eigenvalue weighted by atomic mass is 10.0. The monoisotopic (exact) mass is 393 g/mol. The molecule has 2 heterocycles. The minimum Gasteiger partial charge on any atom is -0.349 e. The Morgan fingerprint density at radius 2 is 2.15 bits per heavy atom. The summed E-state index contributed by atoms with van der Waals surface area (Å²) in [5.41, 5.74) is 2.66. The molecule has 1 amide bonds. The number of thioether (sulfide) groups is 1. The number of aromatic nitrogens is 2. The number of amides is 1. The summed E-state index contributed by atoms with van der Waals surface area (Å²) in [6.07, 6.45) is 4.06. The third-order valence-corrected chi connectivity index (χ3v) is 7.38. The van der Waals surface area contributed by atoms with Crippen LogP contribution in [-0.2, 0) is 14.6 Å². The predicted molar refractivity (Wildman–Crippen MR) is 104 cm³/mol. The molecule has 0 bridgehead atoms. The standard InChI is InChI=1S/C18H23N3O3S2/c1-13-4-5-14(2)15(10-13)21-8-7-19-17(21)25-11-16(22)20-18(3)6-9-26(23,24)12-18/h4-5,7-8,10H,6,9,11-12H2,1-3H3,(H,20,22). The third kappa shape index (κ3) is 4.29. The molecular formula is C18H23N3O3S2. The molecule has 6 nitrogen and oxygen atoms in total. The highest BCUT2D eigenvalue weighted by atomic mass is 32.2. The summed E-state index contributed by atoms with van der Waals surface area (Å²) in [5, 5.41) is 3.61. The van der Waals surface area contributed by atoms with E-state index < -0.39 is 15.4 Å². The molecule has 3 rings (SSSR count). The number of benzene rings is 1. The smallest absolute Gasteiger partial charge is 0.230 e. The van der Waals surface area contributed by atoms with Gasteiger partial charge in [0.05, 0.1) is 28.5 Å². The first-order chi connectivity index (χ1) is 12.2. The molecule has 0 radical (unpaired) electrons. The molecule has 0 saturated carbocycles. The van der Waals surface area contributed by atoms with Crippen molar-refractivity contribution in [2.45, 2.75) is 37.9 Å². The molecular weight excluding hydrogens is 370 g/mol. The maximum absolute atomic E-state index is 12.3. The van der Waals surface area contributed by atoms with Crippen LogP contribution >= 0.6 is 11.8 Å². The number of aryl methyl sites for hydroxylation is 2. The molecule has 0 aliphatic carbocycles. The zero-order valence-electron chi connectivity index (χ0n) is 15.2. The fourth-order valence-electron chi connectivity index (χ4n) is 3.17. The van der Waals surface area contributed by atoms with Gasteiger partial charge in [0.2, 0.25) is 5.91 Å². The van der Waals surface area contributed by atoms with E-state index in [1.165, 1.54) is 11.8 Å². The minimum atomic E-state index is -3.05. The molecule has 1 N–H and O–H groups in total. The maximum atomic E-state index is 12.3.